The van der Waals surface area contributed by atoms with Crippen LogP contribution in [0.15, 0.2) is 17.8 Å². The maximum absolute atomic E-state index is 5.71. The Morgan fingerprint density at radius 3 is 2.93 bits per heavy atom. The van der Waals surface area contributed by atoms with E-state index in [0.717, 1.165) is 12.8 Å². The molecule has 0 atom stereocenters. The molecule has 0 aromatic carbocycles. The zero-order chi connectivity index (χ0) is 10.7. The van der Waals surface area contributed by atoms with Gasteiger partial charge in [-0.1, -0.05) is 18.6 Å². The molecular formula is C13H18N2. The molecule has 2 nitrogen and oxygen atoms in total. The Morgan fingerprint density at radius 1 is 1.33 bits per heavy atom. The van der Waals surface area contributed by atoms with Gasteiger partial charge >= 0.3 is 0 Å². The van der Waals surface area contributed by atoms with Gasteiger partial charge in [-0.15, -0.1) is 0 Å². The van der Waals surface area contributed by atoms with Crippen molar-refractivity contribution in [2.75, 3.05) is 5.73 Å². The number of allylic oxidation sites excluding steroid dienone is 1. The number of rotatable bonds is 1. The van der Waals surface area contributed by atoms with E-state index in [9.17, 15) is 0 Å². The van der Waals surface area contributed by atoms with Crippen molar-refractivity contribution in [1.82, 2.24) is 4.98 Å². The Balaban J connectivity index is 2.41. The lowest BCUT2D eigenvalue weighted by atomic mass is 9.94. The summed E-state index contributed by atoms with van der Waals surface area (Å²) in [6.45, 7) is 2.22. The fraction of sp³-hybridized carbons (Fsp3) is 0.462. The van der Waals surface area contributed by atoms with Gasteiger partial charge in [-0.05, 0) is 49.3 Å². The highest BCUT2D eigenvalue weighted by Gasteiger charge is 2.07. The quantitative estimate of drug-likeness (QED) is 0.759. The molecule has 2 N–H and O–H groups in total. The second-order valence-electron chi connectivity index (χ2n) is 4.17. The average molecular weight is 202 g/mol. The maximum Gasteiger partial charge on any atom is 0.123 e. The van der Waals surface area contributed by atoms with E-state index < -0.39 is 0 Å². The molecule has 1 aromatic rings. The number of hydrogen-bond donors (Lipinski definition) is 1. The highest BCUT2D eigenvalue weighted by Crippen LogP contribution is 2.24. The predicted octanol–water partition coefficient (Wildman–Crippen LogP) is 3.18. The molecule has 2 rings (SSSR count). The van der Waals surface area contributed by atoms with Crippen LogP contribution in [-0.2, 0) is 6.42 Å². The molecule has 0 radical (unpaired) electrons. The van der Waals surface area contributed by atoms with Crippen LogP contribution in [0.2, 0.25) is 0 Å². The summed E-state index contributed by atoms with van der Waals surface area (Å²) in [7, 11) is 0. The molecule has 0 bridgehead atoms. The molecule has 15 heavy (non-hydrogen) atoms. The third-order valence-corrected chi connectivity index (χ3v) is 3.05. The summed E-state index contributed by atoms with van der Waals surface area (Å²) < 4.78 is 0. The molecule has 1 heterocycles. The molecule has 0 spiro atoms. The number of hydrogen-bond acceptors (Lipinski definition) is 2. The summed E-state index contributed by atoms with van der Waals surface area (Å²) >= 11 is 0. The number of aromatic nitrogens is 1. The molecular weight excluding hydrogens is 184 g/mol. The van der Waals surface area contributed by atoms with Gasteiger partial charge in [-0.25, -0.2) is 4.98 Å². The first-order valence-corrected chi connectivity index (χ1v) is 5.73. The third-order valence-electron chi connectivity index (χ3n) is 3.05. The van der Waals surface area contributed by atoms with E-state index in [4.69, 9.17) is 5.73 Å². The normalized spacial score (nSPS) is 19.7. The predicted molar refractivity (Wildman–Crippen MR) is 64.5 cm³/mol. The van der Waals surface area contributed by atoms with Gasteiger partial charge in [-0.3, -0.25) is 0 Å². The van der Waals surface area contributed by atoms with Gasteiger partial charge in [0.2, 0.25) is 0 Å². The SMILES string of the molecule is CC/C1=C/c2cnc(N)cc2CCCC1. The van der Waals surface area contributed by atoms with Gasteiger partial charge in [0.05, 0.1) is 0 Å². The van der Waals surface area contributed by atoms with Crippen molar-refractivity contribution in [2.45, 2.75) is 39.0 Å². The molecule has 1 aliphatic rings. The van der Waals surface area contributed by atoms with Crippen LogP contribution in [0.25, 0.3) is 6.08 Å². The summed E-state index contributed by atoms with van der Waals surface area (Å²) in [6.07, 6.45) is 10.3. The molecule has 2 heteroatoms. The fourth-order valence-electron chi connectivity index (χ4n) is 2.11. The zero-order valence-electron chi connectivity index (χ0n) is 9.29. The fourth-order valence-corrected chi connectivity index (χ4v) is 2.11. The Hall–Kier alpha value is -1.31. The summed E-state index contributed by atoms with van der Waals surface area (Å²) in [5.74, 6) is 0.640. The van der Waals surface area contributed by atoms with Crippen LogP contribution in [0.3, 0.4) is 0 Å². The van der Waals surface area contributed by atoms with Crippen LogP contribution in [-0.4, -0.2) is 4.98 Å². The Kier molecular flexibility index (Phi) is 3.05. The Labute approximate surface area is 91.2 Å². The van der Waals surface area contributed by atoms with Crippen LogP contribution in [0.1, 0.15) is 43.7 Å². The molecule has 1 aliphatic carbocycles. The van der Waals surface area contributed by atoms with E-state index in [2.05, 4.69) is 18.0 Å². The molecule has 1 aromatic heterocycles. The van der Waals surface area contributed by atoms with Crippen LogP contribution in [0.5, 0.6) is 0 Å². The van der Waals surface area contributed by atoms with E-state index in [1.165, 1.54) is 36.0 Å². The van der Waals surface area contributed by atoms with Crippen LogP contribution in [0, 0.1) is 0 Å². The third kappa shape index (κ3) is 2.38. The molecule has 0 saturated carbocycles. The van der Waals surface area contributed by atoms with E-state index in [0.29, 0.717) is 5.82 Å². The van der Waals surface area contributed by atoms with Gasteiger partial charge in [0.25, 0.3) is 0 Å². The summed E-state index contributed by atoms with van der Waals surface area (Å²) in [5.41, 5.74) is 9.86. The van der Waals surface area contributed by atoms with Gasteiger partial charge in [0.15, 0.2) is 0 Å². The lowest BCUT2D eigenvalue weighted by molar-refractivity contribution is 0.712. The number of pyridine rings is 1. The minimum atomic E-state index is 0.640. The largest absolute Gasteiger partial charge is 0.384 e. The van der Waals surface area contributed by atoms with Gasteiger partial charge < -0.3 is 5.73 Å². The van der Waals surface area contributed by atoms with E-state index in [1.54, 1.807) is 0 Å². The Morgan fingerprint density at radius 2 is 2.13 bits per heavy atom. The summed E-state index contributed by atoms with van der Waals surface area (Å²) in [5, 5.41) is 0. The molecule has 0 fully saturated rings. The van der Waals surface area contributed by atoms with Gasteiger partial charge in [0.1, 0.15) is 5.82 Å². The highest BCUT2D eigenvalue weighted by molar-refractivity contribution is 5.58. The van der Waals surface area contributed by atoms with Gasteiger partial charge in [0, 0.05) is 6.20 Å². The number of fused-ring (bicyclic) bond motifs is 1. The standard InChI is InChI=1S/C13H18N2/c1-2-10-5-3-4-6-11-8-13(14)15-9-12(11)7-10/h7-9H,2-6H2,1H3,(H2,14,15)/b10-7-. The van der Waals surface area contributed by atoms with Crippen molar-refractivity contribution in [3.8, 4) is 0 Å². The van der Waals surface area contributed by atoms with Crippen molar-refractivity contribution in [3.63, 3.8) is 0 Å². The van der Waals surface area contributed by atoms with Crippen LogP contribution >= 0.6 is 0 Å². The molecule has 0 saturated heterocycles. The second-order valence-corrected chi connectivity index (χ2v) is 4.17. The zero-order valence-corrected chi connectivity index (χ0v) is 9.29. The van der Waals surface area contributed by atoms with Crippen molar-refractivity contribution < 1.29 is 0 Å². The Bertz CT molecular complexity index is 380. The van der Waals surface area contributed by atoms with Crippen molar-refractivity contribution >= 4 is 11.9 Å². The van der Waals surface area contributed by atoms with E-state index >= 15 is 0 Å². The maximum atomic E-state index is 5.71. The van der Waals surface area contributed by atoms with Gasteiger partial charge in [-0.2, -0.15) is 0 Å². The van der Waals surface area contributed by atoms with Crippen molar-refractivity contribution in [1.29, 1.82) is 0 Å². The number of anilines is 1. The van der Waals surface area contributed by atoms with Crippen molar-refractivity contribution in [2.24, 2.45) is 0 Å². The smallest absolute Gasteiger partial charge is 0.123 e. The topological polar surface area (TPSA) is 38.9 Å². The van der Waals surface area contributed by atoms with E-state index in [1.807, 2.05) is 12.3 Å². The lowest BCUT2D eigenvalue weighted by Crippen LogP contribution is -1.99. The monoisotopic (exact) mass is 202 g/mol. The van der Waals surface area contributed by atoms with Crippen LogP contribution in [0.4, 0.5) is 5.82 Å². The lowest BCUT2D eigenvalue weighted by Gasteiger charge is -2.13. The number of nitrogen functional groups attached to an aromatic ring is 1. The number of nitrogens with zero attached hydrogens (tertiary/aromatic N) is 1. The summed E-state index contributed by atoms with van der Waals surface area (Å²) in [6, 6.07) is 2.02. The summed E-state index contributed by atoms with van der Waals surface area (Å²) in [4.78, 5) is 4.17. The molecule has 0 aliphatic heterocycles. The first kappa shape index (κ1) is 10.2. The first-order chi connectivity index (χ1) is 7.29. The number of aryl methyl sites for hydroxylation is 1. The molecule has 80 valence electrons. The highest BCUT2D eigenvalue weighted by atomic mass is 14.8. The van der Waals surface area contributed by atoms with E-state index in [-0.39, 0.29) is 0 Å². The van der Waals surface area contributed by atoms with Crippen LogP contribution < -0.4 is 5.73 Å². The first-order valence-electron chi connectivity index (χ1n) is 5.73. The average Bonchev–Trinajstić information content (AvgIpc) is 2.21. The molecule has 0 unspecified atom stereocenters. The van der Waals surface area contributed by atoms with Crippen molar-refractivity contribution in [3.05, 3.63) is 29.0 Å². The minimum Gasteiger partial charge on any atom is -0.384 e. The number of nitrogens with two attached hydrogens (primary N) is 1. The second kappa shape index (κ2) is 4.47. The minimum absolute atomic E-state index is 0.640. The molecule has 0 amide bonds.